The van der Waals surface area contributed by atoms with Gasteiger partial charge in [-0.25, -0.2) is 9.97 Å². The van der Waals surface area contributed by atoms with Crippen molar-refractivity contribution in [3.63, 3.8) is 0 Å². The van der Waals surface area contributed by atoms with Crippen LogP contribution in [0.25, 0.3) is 0 Å². The Morgan fingerprint density at radius 3 is 2.68 bits per heavy atom. The van der Waals surface area contributed by atoms with E-state index in [2.05, 4.69) is 14.9 Å². The van der Waals surface area contributed by atoms with Crippen molar-refractivity contribution in [3.05, 3.63) is 47.0 Å². The van der Waals surface area contributed by atoms with Crippen LogP contribution in [0.1, 0.15) is 44.6 Å². The molecule has 3 heterocycles. The van der Waals surface area contributed by atoms with Gasteiger partial charge in [-0.3, -0.25) is 9.59 Å². The van der Waals surface area contributed by atoms with Crippen LogP contribution in [0.3, 0.4) is 0 Å². The summed E-state index contributed by atoms with van der Waals surface area (Å²) in [6, 6.07) is 5.56. The van der Waals surface area contributed by atoms with Crippen LogP contribution in [0.2, 0.25) is 0 Å². The van der Waals surface area contributed by atoms with E-state index < -0.39 is 5.91 Å². The molecule has 2 aromatic rings. The lowest BCUT2D eigenvalue weighted by Crippen LogP contribution is -2.36. The first-order chi connectivity index (χ1) is 15.0. The molecular weight excluding hydrogens is 398 g/mol. The average Bonchev–Trinajstić information content (AvgIpc) is 3.29. The summed E-state index contributed by atoms with van der Waals surface area (Å²) in [6.07, 6.45) is 2.25. The first-order valence-electron chi connectivity index (χ1n) is 10.4. The predicted octanol–water partition coefficient (Wildman–Crippen LogP) is 1.36. The van der Waals surface area contributed by atoms with Crippen molar-refractivity contribution in [2.75, 3.05) is 51.4 Å². The second-order valence-electron chi connectivity index (χ2n) is 7.81. The van der Waals surface area contributed by atoms with Crippen molar-refractivity contribution in [1.82, 2.24) is 14.9 Å². The Bertz CT molecular complexity index is 990. The molecular formula is C22H27N5O4. The van der Waals surface area contributed by atoms with Crippen molar-refractivity contribution >= 4 is 17.5 Å². The number of nitrogens with zero attached hydrogens (tertiary/aromatic N) is 4. The van der Waals surface area contributed by atoms with Gasteiger partial charge in [-0.15, -0.1) is 0 Å². The number of anilines is 1. The number of ether oxygens (including phenoxy) is 2. The summed E-state index contributed by atoms with van der Waals surface area (Å²) in [5.74, 6) is 0.854. The van der Waals surface area contributed by atoms with Crippen molar-refractivity contribution < 1.29 is 19.1 Å². The quantitative estimate of drug-likeness (QED) is 0.770. The van der Waals surface area contributed by atoms with Crippen molar-refractivity contribution in [3.8, 4) is 5.75 Å². The number of carbonyl (C=O) groups is 2. The third kappa shape index (κ3) is 4.32. The number of morpholine rings is 1. The van der Waals surface area contributed by atoms with Crippen molar-refractivity contribution in [1.29, 1.82) is 0 Å². The lowest BCUT2D eigenvalue weighted by atomic mass is 10.1. The van der Waals surface area contributed by atoms with Gasteiger partial charge in [0.05, 0.1) is 37.3 Å². The fraction of sp³-hybridized carbons (Fsp3) is 0.455. The molecule has 0 unspecified atom stereocenters. The van der Waals surface area contributed by atoms with Crippen LogP contribution in [0, 0.1) is 6.92 Å². The molecule has 1 atom stereocenters. The highest BCUT2D eigenvalue weighted by molar-refractivity contribution is 5.96. The monoisotopic (exact) mass is 425 g/mol. The Morgan fingerprint density at radius 2 is 2.00 bits per heavy atom. The molecule has 2 fully saturated rings. The van der Waals surface area contributed by atoms with Crippen LogP contribution in [0.5, 0.6) is 5.75 Å². The largest absolute Gasteiger partial charge is 0.495 e. The maximum Gasteiger partial charge on any atom is 0.253 e. The minimum Gasteiger partial charge on any atom is -0.495 e. The molecule has 2 N–H and O–H groups in total. The second-order valence-corrected chi connectivity index (χ2v) is 7.81. The summed E-state index contributed by atoms with van der Waals surface area (Å²) in [5, 5.41) is 0. The van der Waals surface area contributed by atoms with Gasteiger partial charge in [0.15, 0.2) is 0 Å². The number of aromatic nitrogens is 2. The van der Waals surface area contributed by atoms with Gasteiger partial charge in [0.25, 0.3) is 11.8 Å². The molecule has 0 aliphatic carbocycles. The molecule has 2 amide bonds. The number of benzene rings is 1. The fourth-order valence-corrected chi connectivity index (χ4v) is 4.14. The highest BCUT2D eigenvalue weighted by Gasteiger charge is 2.31. The molecule has 1 aromatic heterocycles. The molecule has 9 heteroatoms. The highest BCUT2D eigenvalue weighted by Crippen LogP contribution is 2.32. The van der Waals surface area contributed by atoms with Crippen molar-refractivity contribution in [2.45, 2.75) is 19.3 Å². The van der Waals surface area contributed by atoms with Gasteiger partial charge in [0.2, 0.25) is 0 Å². The number of rotatable bonds is 5. The molecule has 0 radical (unpaired) electrons. The zero-order valence-corrected chi connectivity index (χ0v) is 17.8. The summed E-state index contributed by atoms with van der Waals surface area (Å²) in [4.78, 5) is 37.4. The normalized spacial score (nSPS) is 18.8. The van der Waals surface area contributed by atoms with E-state index in [0.29, 0.717) is 48.9 Å². The van der Waals surface area contributed by atoms with E-state index in [4.69, 9.17) is 15.2 Å². The van der Waals surface area contributed by atoms with Gasteiger partial charge in [0, 0.05) is 43.9 Å². The van der Waals surface area contributed by atoms with Gasteiger partial charge in [-0.1, -0.05) is 0 Å². The van der Waals surface area contributed by atoms with E-state index in [1.165, 1.54) is 6.20 Å². The van der Waals surface area contributed by atoms with Crippen molar-refractivity contribution in [2.24, 2.45) is 5.73 Å². The molecule has 2 aliphatic rings. The third-order valence-corrected chi connectivity index (χ3v) is 5.88. The molecule has 4 rings (SSSR count). The molecule has 0 bridgehead atoms. The van der Waals surface area contributed by atoms with E-state index in [0.717, 1.165) is 30.9 Å². The van der Waals surface area contributed by atoms with E-state index in [-0.39, 0.29) is 11.8 Å². The van der Waals surface area contributed by atoms with Crippen LogP contribution in [-0.2, 0) is 4.74 Å². The van der Waals surface area contributed by atoms with Crippen LogP contribution in [0.15, 0.2) is 24.4 Å². The maximum atomic E-state index is 13.2. The average molecular weight is 425 g/mol. The molecule has 31 heavy (non-hydrogen) atoms. The lowest BCUT2D eigenvalue weighted by Gasteiger charge is -2.30. The van der Waals surface area contributed by atoms with Crippen LogP contribution in [-0.4, -0.2) is 73.2 Å². The number of nitrogens with two attached hydrogens (primary N) is 1. The minimum absolute atomic E-state index is 0.0230. The molecule has 2 aliphatic heterocycles. The van der Waals surface area contributed by atoms with E-state index >= 15 is 0 Å². The first kappa shape index (κ1) is 21.0. The number of carbonyl (C=O) groups excluding carboxylic acids is 2. The van der Waals surface area contributed by atoms with Gasteiger partial charge in [-0.05, 0) is 31.5 Å². The Balaban J connectivity index is 1.50. The zero-order valence-electron chi connectivity index (χ0n) is 17.8. The lowest BCUT2D eigenvalue weighted by molar-refractivity contribution is 0.0790. The Kier molecular flexibility index (Phi) is 6.03. The molecule has 2 saturated heterocycles. The SMILES string of the molecule is COc1ccc(C(=O)N2CC[C@@H](c3ncc(C(N)=O)c(C)n3)C2)cc1N1CCOCC1. The summed E-state index contributed by atoms with van der Waals surface area (Å²) in [7, 11) is 1.64. The Morgan fingerprint density at radius 1 is 1.23 bits per heavy atom. The molecule has 164 valence electrons. The summed E-state index contributed by atoms with van der Waals surface area (Å²) >= 11 is 0. The summed E-state index contributed by atoms with van der Waals surface area (Å²) in [5.41, 5.74) is 7.76. The number of primary amides is 1. The number of hydrogen-bond acceptors (Lipinski definition) is 7. The zero-order chi connectivity index (χ0) is 22.0. The first-order valence-corrected chi connectivity index (χ1v) is 10.4. The van der Waals surface area contributed by atoms with Gasteiger partial charge in [-0.2, -0.15) is 0 Å². The number of hydrogen-bond donors (Lipinski definition) is 1. The standard InChI is InChI=1S/C22H27N5O4/c1-14-17(20(23)28)12-24-21(25-14)16-5-6-27(13-16)22(29)15-3-4-19(30-2)18(11-15)26-7-9-31-10-8-26/h3-4,11-12,16H,5-10,13H2,1-2H3,(H2,23,28)/t16-/m1/s1. The second kappa shape index (κ2) is 8.89. The molecule has 0 saturated carbocycles. The number of likely N-dealkylation sites (tertiary alicyclic amines) is 1. The summed E-state index contributed by atoms with van der Waals surface area (Å²) < 4.78 is 11.0. The fourth-order valence-electron chi connectivity index (χ4n) is 4.14. The smallest absolute Gasteiger partial charge is 0.253 e. The van der Waals surface area contributed by atoms with Gasteiger partial charge >= 0.3 is 0 Å². The van der Waals surface area contributed by atoms with Crippen LogP contribution >= 0.6 is 0 Å². The molecule has 0 spiro atoms. The van der Waals surface area contributed by atoms with E-state index in [9.17, 15) is 9.59 Å². The molecule has 1 aromatic carbocycles. The maximum absolute atomic E-state index is 13.2. The number of methoxy groups -OCH3 is 1. The Labute approximate surface area is 181 Å². The topological polar surface area (TPSA) is 111 Å². The highest BCUT2D eigenvalue weighted by atomic mass is 16.5. The number of amides is 2. The summed E-state index contributed by atoms with van der Waals surface area (Å²) in [6.45, 7) is 5.74. The number of aryl methyl sites for hydroxylation is 1. The minimum atomic E-state index is -0.539. The molecule has 9 nitrogen and oxygen atoms in total. The van der Waals surface area contributed by atoms with Gasteiger partial charge in [0.1, 0.15) is 11.6 Å². The van der Waals surface area contributed by atoms with Crippen LogP contribution < -0.4 is 15.4 Å². The van der Waals surface area contributed by atoms with Crippen LogP contribution in [0.4, 0.5) is 5.69 Å². The Hall–Kier alpha value is -3.20. The van der Waals surface area contributed by atoms with E-state index in [1.807, 2.05) is 17.0 Å². The third-order valence-electron chi connectivity index (χ3n) is 5.88. The van der Waals surface area contributed by atoms with E-state index in [1.54, 1.807) is 20.1 Å². The van der Waals surface area contributed by atoms with Gasteiger partial charge < -0.3 is 25.0 Å². The predicted molar refractivity (Wildman–Crippen MR) is 115 cm³/mol.